The highest BCUT2D eigenvalue weighted by Gasteiger charge is 2.53. The van der Waals surface area contributed by atoms with E-state index in [4.69, 9.17) is 13.8 Å². The van der Waals surface area contributed by atoms with Gasteiger partial charge in [-0.2, -0.15) is 0 Å². The molecule has 1 aromatic heterocycles. The predicted octanol–water partition coefficient (Wildman–Crippen LogP) is 3.37. The van der Waals surface area contributed by atoms with E-state index in [1.807, 2.05) is 0 Å². The van der Waals surface area contributed by atoms with Gasteiger partial charge in [0.2, 0.25) is 0 Å². The summed E-state index contributed by atoms with van der Waals surface area (Å²) in [5.41, 5.74) is 1.49. The molecule has 4 nitrogen and oxygen atoms in total. The van der Waals surface area contributed by atoms with Crippen molar-refractivity contribution in [1.82, 2.24) is 5.16 Å². The third-order valence-electron chi connectivity index (χ3n) is 4.76. The van der Waals surface area contributed by atoms with Gasteiger partial charge in [-0.25, -0.2) is 0 Å². The maximum absolute atomic E-state index is 6.15. The first-order chi connectivity index (χ1) is 9.12. The molecule has 5 heteroatoms. The molecule has 0 bridgehead atoms. The third kappa shape index (κ3) is 1.95. The minimum absolute atomic E-state index is 0.0838. The van der Waals surface area contributed by atoms with Crippen LogP contribution < -0.4 is 0 Å². The number of aromatic nitrogens is 1. The number of nitrogens with zero attached hydrogens (tertiary/aromatic N) is 1. The smallest absolute Gasteiger partial charge is 0.400 e. The molecular formula is C15H22BNO3. The average Bonchev–Trinajstić information content (AvgIpc) is 2.82. The van der Waals surface area contributed by atoms with Crippen LogP contribution in [0.2, 0.25) is 0 Å². The predicted molar refractivity (Wildman–Crippen MR) is 78.2 cm³/mol. The third-order valence-corrected chi connectivity index (χ3v) is 4.76. The van der Waals surface area contributed by atoms with E-state index in [-0.39, 0.29) is 23.7 Å². The molecule has 1 aromatic rings. The Kier molecular flexibility index (Phi) is 2.77. The van der Waals surface area contributed by atoms with Gasteiger partial charge in [0.1, 0.15) is 5.76 Å². The van der Waals surface area contributed by atoms with Gasteiger partial charge in [-0.05, 0) is 39.6 Å². The molecule has 0 N–H and O–H groups in total. The van der Waals surface area contributed by atoms with Gasteiger partial charge in [0.05, 0.1) is 17.4 Å². The Hall–Kier alpha value is -1.07. The van der Waals surface area contributed by atoms with Crippen LogP contribution in [0.15, 0.2) is 16.2 Å². The van der Waals surface area contributed by atoms with Gasteiger partial charge in [0.25, 0.3) is 0 Å². The molecule has 3 rings (SSSR count). The van der Waals surface area contributed by atoms with E-state index in [0.717, 1.165) is 23.2 Å². The van der Waals surface area contributed by atoms with E-state index in [0.29, 0.717) is 0 Å². The number of rotatable bonds is 1. The Labute approximate surface area is 120 Å². The van der Waals surface area contributed by atoms with Gasteiger partial charge in [-0.3, -0.25) is 0 Å². The molecule has 0 unspecified atom stereocenters. The molecule has 20 heavy (non-hydrogen) atoms. The van der Waals surface area contributed by atoms with E-state index >= 15 is 0 Å². The summed E-state index contributed by atoms with van der Waals surface area (Å²) in [6.45, 7) is 12.6. The van der Waals surface area contributed by atoms with Crippen molar-refractivity contribution in [2.24, 2.45) is 0 Å². The molecule has 2 aliphatic rings. The molecule has 0 radical (unpaired) electrons. The highest BCUT2D eigenvalue weighted by Crippen LogP contribution is 2.44. The fraction of sp³-hybridized carbons (Fsp3) is 0.667. The number of hydrogen-bond acceptors (Lipinski definition) is 4. The second-order valence-corrected chi connectivity index (χ2v) is 7.48. The summed E-state index contributed by atoms with van der Waals surface area (Å²) < 4.78 is 17.7. The Morgan fingerprint density at radius 1 is 1.05 bits per heavy atom. The van der Waals surface area contributed by atoms with Crippen molar-refractivity contribution < 1.29 is 13.8 Å². The Morgan fingerprint density at radius 2 is 1.65 bits per heavy atom. The number of allylic oxidation sites excluding steroid dienone is 1. The molecule has 1 saturated heterocycles. The summed E-state index contributed by atoms with van der Waals surface area (Å²) in [6.07, 6.45) is 4.72. The van der Waals surface area contributed by atoms with Gasteiger partial charge >= 0.3 is 7.12 Å². The maximum Gasteiger partial charge on any atom is 0.490 e. The molecule has 108 valence electrons. The SMILES string of the molecule is CC1(C)CC(B2OC(C)(C)C(C)(C)O2)=Cc2cnoc21. The molecule has 0 aromatic carbocycles. The first-order valence-corrected chi connectivity index (χ1v) is 7.14. The minimum Gasteiger partial charge on any atom is -0.400 e. The van der Waals surface area contributed by atoms with Gasteiger partial charge in [-0.15, -0.1) is 0 Å². The second kappa shape index (κ2) is 3.98. The van der Waals surface area contributed by atoms with Crippen LogP contribution in [0.1, 0.15) is 59.3 Å². The van der Waals surface area contributed by atoms with Crippen molar-refractivity contribution in [1.29, 1.82) is 0 Å². The van der Waals surface area contributed by atoms with Crippen molar-refractivity contribution in [3.8, 4) is 0 Å². The molecule has 1 fully saturated rings. The van der Waals surface area contributed by atoms with Crippen molar-refractivity contribution in [2.45, 2.75) is 64.6 Å². The maximum atomic E-state index is 6.15. The van der Waals surface area contributed by atoms with Crippen LogP contribution >= 0.6 is 0 Å². The minimum atomic E-state index is -0.308. The fourth-order valence-electron chi connectivity index (χ4n) is 2.85. The van der Waals surface area contributed by atoms with Gasteiger partial charge in [0, 0.05) is 11.0 Å². The largest absolute Gasteiger partial charge is 0.490 e. The quantitative estimate of drug-likeness (QED) is 0.737. The summed E-state index contributed by atoms with van der Waals surface area (Å²) in [5.74, 6) is 0.942. The van der Waals surface area contributed by atoms with E-state index in [9.17, 15) is 0 Å². The van der Waals surface area contributed by atoms with Crippen LogP contribution in [0, 0.1) is 0 Å². The molecule has 1 aliphatic carbocycles. The molecule has 0 spiro atoms. The summed E-state index contributed by atoms with van der Waals surface area (Å²) >= 11 is 0. The zero-order valence-corrected chi connectivity index (χ0v) is 13.1. The average molecular weight is 275 g/mol. The van der Waals surface area contributed by atoms with Crippen LogP contribution in [-0.4, -0.2) is 23.5 Å². The monoisotopic (exact) mass is 275 g/mol. The highest BCUT2D eigenvalue weighted by atomic mass is 16.7. The second-order valence-electron chi connectivity index (χ2n) is 7.48. The standard InChI is InChI=1S/C15H22BNO3/c1-13(2)8-11(7-10-9-17-18-12(10)13)16-19-14(3,4)15(5,6)20-16/h7,9H,8H2,1-6H3. The van der Waals surface area contributed by atoms with Crippen molar-refractivity contribution in [3.05, 3.63) is 23.0 Å². The van der Waals surface area contributed by atoms with Gasteiger partial charge in [0.15, 0.2) is 0 Å². The van der Waals surface area contributed by atoms with Gasteiger partial charge < -0.3 is 13.8 Å². The van der Waals surface area contributed by atoms with Crippen molar-refractivity contribution >= 4 is 13.2 Å². The lowest BCUT2D eigenvalue weighted by molar-refractivity contribution is 0.00578. The summed E-state index contributed by atoms with van der Waals surface area (Å²) in [5, 5.41) is 3.92. The first-order valence-electron chi connectivity index (χ1n) is 7.14. The normalized spacial score (nSPS) is 26.3. The van der Waals surface area contributed by atoms with E-state index in [1.54, 1.807) is 6.20 Å². The molecule has 0 amide bonds. The number of fused-ring (bicyclic) bond motifs is 1. The fourth-order valence-corrected chi connectivity index (χ4v) is 2.85. The lowest BCUT2D eigenvalue weighted by Gasteiger charge is -2.32. The molecular weight excluding hydrogens is 253 g/mol. The lowest BCUT2D eigenvalue weighted by Crippen LogP contribution is -2.41. The topological polar surface area (TPSA) is 44.5 Å². The number of hydrogen-bond donors (Lipinski definition) is 0. The highest BCUT2D eigenvalue weighted by molar-refractivity contribution is 6.55. The molecule has 1 aliphatic heterocycles. The lowest BCUT2D eigenvalue weighted by atomic mass is 9.65. The Bertz CT molecular complexity index is 555. The van der Waals surface area contributed by atoms with Crippen LogP contribution in [0.5, 0.6) is 0 Å². The molecule has 2 heterocycles. The van der Waals surface area contributed by atoms with Gasteiger partial charge in [-0.1, -0.05) is 25.1 Å². The molecule has 0 saturated carbocycles. The first kappa shape index (κ1) is 13.9. The van der Waals surface area contributed by atoms with Crippen LogP contribution in [0.3, 0.4) is 0 Å². The zero-order valence-electron chi connectivity index (χ0n) is 13.1. The Morgan fingerprint density at radius 3 is 2.25 bits per heavy atom. The van der Waals surface area contributed by atoms with E-state index < -0.39 is 0 Å². The summed E-state index contributed by atoms with van der Waals surface area (Å²) in [7, 11) is -0.290. The summed E-state index contributed by atoms with van der Waals surface area (Å²) in [6, 6.07) is 0. The van der Waals surface area contributed by atoms with E-state index in [2.05, 4.69) is 52.8 Å². The van der Waals surface area contributed by atoms with Crippen molar-refractivity contribution in [3.63, 3.8) is 0 Å². The van der Waals surface area contributed by atoms with Crippen molar-refractivity contribution in [2.75, 3.05) is 0 Å². The Balaban J connectivity index is 1.95. The molecule has 0 atom stereocenters. The van der Waals surface area contributed by atoms with Crippen LogP contribution in [-0.2, 0) is 14.7 Å². The zero-order chi connectivity index (χ0) is 14.8. The van der Waals surface area contributed by atoms with Crippen LogP contribution in [0.25, 0.3) is 6.08 Å². The van der Waals surface area contributed by atoms with Crippen LogP contribution in [0.4, 0.5) is 0 Å². The van der Waals surface area contributed by atoms with E-state index in [1.165, 1.54) is 0 Å². The summed E-state index contributed by atoms with van der Waals surface area (Å²) in [4.78, 5) is 0.